The van der Waals surface area contributed by atoms with Gasteiger partial charge in [0.15, 0.2) is 5.96 Å². The molecule has 0 aliphatic rings. The maximum Gasteiger partial charge on any atom is 0.193 e. The van der Waals surface area contributed by atoms with E-state index in [1.165, 1.54) is 0 Å². The molecule has 0 spiro atoms. The largest absolute Gasteiger partial charge is 0.497 e. The van der Waals surface area contributed by atoms with Crippen molar-refractivity contribution < 1.29 is 9.26 Å². The highest BCUT2D eigenvalue weighted by Gasteiger charge is 2.07. The zero-order chi connectivity index (χ0) is 15.9. The number of ether oxygens (including phenoxy) is 1. The molecule has 0 unspecified atom stereocenters. The van der Waals surface area contributed by atoms with Crippen LogP contribution in [0.4, 0.5) is 5.69 Å². The van der Waals surface area contributed by atoms with Crippen molar-refractivity contribution in [3.05, 3.63) is 41.3 Å². The molecule has 22 heavy (non-hydrogen) atoms. The Hall–Kier alpha value is -2.50. The van der Waals surface area contributed by atoms with E-state index in [-0.39, 0.29) is 0 Å². The first-order chi connectivity index (χ1) is 10.6. The number of nitrogens with zero attached hydrogens (tertiary/aromatic N) is 2. The molecule has 0 amide bonds. The van der Waals surface area contributed by atoms with E-state index in [0.29, 0.717) is 12.5 Å². The topological polar surface area (TPSA) is 85.7 Å². The lowest BCUT2D eigenvalue weighted by Crippen LogP contribution is -2.22. The minimum atomic E-state index is 0.406. The molecule has 0 saturated heterocycles. The Morgan fingerprint density at radius 2 is 2.05 bits per heavy atom. The smallest absolute Gasteiger partial charge is 0.193 e. The molecular weight excluding hydrogens is 280 g/mol. The summed E-state index contributed by atoms with van der Waals surface area (Å²) in [6.45, 7) is 4.53. The van der Waals surface area contributed by atoms with Gasteiger partial charge in [-0.25, -0.2) is 0 Å². The predicted molar refractivity (Wildman–Crippen MR) is 87.4 cm³/mol. The van der Waals surface area contributed by atoms with Crippen LogP contribution in [-0.4, -0.2) is 24.8 Å². The van der Waals surface area contributed by atoms with Gasteiger partial charge in [-0.05, 0) is 51.0 Å². The van der Waals surface area contributed by atoms with E-state index < -0.39 is 0 Å². The molecular formula is C16H22N4O2. The van der Waals surface area contributed by atoms with Gasteiger partial charge < -0.3 is 20.3 Å². The number of aromatic nitrogens is 1. The van der Waals surface area contributed by atoms with Crippen LogP contribution in [0.3, 0.4) is 0 Å². The molecule has 3 N–H and O–H groups in total. The number of guanidine groups is 1. The first kappa shape index (κ1) is 15.9. The average molecular weight is 302 g/mol. The Morgan fingerprint density at radius 3 is 2.64 bits per heavy atom. The van der Waals surface area contributed by atoms with Crippen molar-refractivity contribution in [1.29, 1.82) is 0 Å². The lowest BCUT2D eigenvalue weighted by molar-refractivity contribution is 0.392. The van der Waals surface area contributed by atoms with E-state index in [4.69, 9.17) is 15.0 Å². The number of aliphatic imine (C=N–C) groups is 1. The number of hydrogen-bond donors (Lipinski definition) is 2. The standard InChI is InChI=1S/C16H22N4O2/c1-11-15(12(2)22-20-11)5-4-10-18-16(17)19-13-6-8-14(21-3)9-7-13/h6-9H,4-5,10H2,1-3H3,(H3,17,18,19). The molecule has 2 aromatic rings. The molecule has 2 rings (SSSR count). The van der Waals surface area contributed by atoms with Gasteiger partial charge in [-0.15, -0.1) is 0 Å². The summed E-state index contributed by atoms with van der Waals surface area (Å²) in [7, 11) is 1.64. The molecule has 0 radical (unpaired) electrons. The van der Waals surface area contributed by atoms with Gasteiger partial charge in [0.05, 0.1) is 12.8 Å². The van der Waals surface area contributed by atoms with Crippen molar-refractivity contribution in [3.8, 4) is 5.75 Å². The van der Waals surface area contributed by atoms with Gasteiger partial charge in [0.1, 0.15) is 11.5 Å². The van der Waals surface area contributed by atoms with Gasteiger partial charge in [-0.2, -0.15) is 0 Å². The van der Waals surface area contributed by atoms with Crippen LogP contribution in [-0.2, 0) is 6.42 Å². The fourth-order valence-corrected chi connectivity index (χ4v) is 2.18. The summed E-state index contributed by atoms with van der Waals surface area (Å²) in [5.74, 6) is 2.09. The summed E-state index contributed by atoms with van der Waals surface area (Å²) in [4.78, 5) is 4.32. The number of methoxy groups -OCH3 is 1. The van der Waals surface area contributed by atoms with Crippen LogP contribution in [0.5, 0.6) is 5.75 Å². The summed E-state index contributed by atoms with van der Waals surface area (Å²) in [5.41, 5.74) is 8.87. The van der Waals surface area contributed by atoms with Crippen molar-refractivity contribution in [2.24, 2.45) is 10.7 Å². The van der Waals surface area contributed by atoms with Crippen molar-refractivity contribution in [2.45, 2.75) is 26.7 Å². The molecule has 1 heterocycles. The maximum absolute atomic E-state index is 5.87. The van der Waals surface area contributed by atoms with Gasteiger partial charge in [0.25, 0.3) is 0 Å². The van der Waals surface area contributed by atoms with E-state index in [0.717, 1.165) is 41.3 Å². The summed E-state index contributed by atoms with van der Waals surface area (Å²) >= 11 is 0. The van der Waals surface area contributed by atoms with Crippen molar-refractivity contribution in [1.82, 2.24) is 5.16 Å². The Bertz CT molecular complexity index is 613. The van der Waals surface area contributed by atoms with Gasteiger partial charge in [0, 0.05) is 17.8 Å². The molecule has 0 aliphatic heterocycles. The molecule has 0 saturated carbocycles. The number of anilines is 1. The lowest BCUT2D eigenvalue weighted by Gasteiger charge is -2.06. The molecule has 118 valence electrons. The maximum atomic E-state index is 5.87. The molecule has 6 heteroatoms. The second-order valence-electron chi connectivity index (χ2n) is 5.03. The minimum Gasteiger partial charge on any atom is -0.497 e. The van der Waals surface area contributed by atoms with E-state index in [1.54, 1.807) is 7.11 Å². The SMILES string of the molecule is COc1ccc(NC(N)=NCCCc2c(C)noc2C)cc1. The van der Waals surface area contributed by atoms with Crippen molar-refractivity contribution in [2.75, 3.05) is 19.0 Å². The number of benzene rings is 1. The monoisotopic (exact) mass is 302 g/mol. The van der Waals surface area contributed by atoms with Crippen LogP contribution in [0.15, 0.2) is 33.8 Å². The van der Waals surface area contributed by atoms with Crippen molar-refractivity contribution >= 4 is 11.6 Å². The fraction of sp³-hybridized carbons (Fsp3) is 0.375. The molecule has 0 atom stereocenters. The zero-order valence-corrected chi connectivity index (χ0v) is 13.2. The van der Waals surface area contributed by atoms with Crippen LogP contribution in [0, 0.1) is 13.8 Å². The Kier molecular flexibility index (Phi) is 5.41. The van der Waals surface area contributed by atoms with Gasteiger partial charge in [0.2, 0.25) is 0 Å². The zero-order valence-electron chi connectivity index (χ0n) is 13.2. The third kappa shape index (κ3) is 4.25. The fourth-order valence-electron chi connectivity index (χ4n) is 2.18. The summed E-state index contributed by atoms with van der Waals surface area (Å²) in [6, 6.07) is 7.52. The van der Waals surface area contributed by atoms with Crippen LogP contribution >= 0.6 is 0 Å². The molecule has 0 fully saturated rings. The quantitative estimate of drug-likeness (QED) is 0.487. The average Bonchev–Trinajstić information content (AvgIpc) is 2.83. The van der Waals surface area contributed by atoms with Gasteiger partial charge in [-0.1, -0.05) is 5.16 Å². The highest BCUT2D eigenvalue weighted by atomic mass is 16.5. The predicted octanol–water partition coefficient (Wildman–Crippen LogP) is 2.66. The highest BCUT2D eigenvalue weighted by molar-refractivity contribution is 5.92. The van der Waals surface area contributed by atoms with Gasteiger partial charge >= 0.3 is 0 Å². The van der Waals surface area contributed by atoms with Crippen molar-refractivity contribution in [3.63, 3.8) is 0 Å². The third-order valence-electron chi connectivity index (χ3n) is 3.41. The molecule has 1 aromatic carbocycles. The van der Waals surface area contributed by atoms with E-state index in [9.17, 15) is 0 Å². The molecule has 0 bridgehead atoms. The minimum absolute atomic E-state index is 0.406. The number of nitrogens with one attached hydrogen (secondary N) is 1. The van der Waals surface area contributed by atoms with E-state index in [1.807, 2.05) is 38.1 Å². The number of rotatable bonds is 6. The van der Waals surface area contributed by atoms with Gasteiger partial charge in [-0.3, -0.25) is 4.99 Å². The molecule has 1 aromatic heterocycles. The third-order valence-corrected chi connectivity index (χ3v) is 3.41. The first-order valence-corrected chi connectivity index (χ1v) is 7.23. The van der Waals surface area contributed by atoms with Crippen LogP contribution in [0.1, 0.15) is 23.4 Å². The summed E-state index contributed by atoms with van der Waals surface area (Å²) < 4.78 is 10.2. The summed E-state index contributed by atoms with van der Waals surface area (Å²) in [6.07, 6.45) is 1.79. The Labute approximate surface area is 130 Å². The molecule has 0 aliphatic carbocycles. The summed E-state index contributed by atoms with van der Waals surface area (Å²) in [5, 5.41) is 6.99. The van der Waals surface area contributed by atoms with E-state index in [2.05, 4.69) is 15.5 Å². The Balaban J connectivity index is 1.80. The second-order valence-corrected chi connectivity index (χ2v) is 5.03. The van der Waals surface area contributed by atoms with Crippen LogP contribution in [0.25, 0.3) is 0 Å². The van der Waals surface area contributed by atoms with E-state index >= 15 is 0 Å². The first-order valence-electron chi connectivity index (χ1n) is 7.23. The number of hydrogen-bond acceptors (Lipinski definition) is 4. The highest BCUT2D eigenvalue weighted by Crippen LogP contribution is 2.15. The lowest BCUT2D eigenvalue weighted by atomic mass is 10.1. The molecule has 6 nitrogen and oxygen atoms in total. The second kappa shape index (κ2) is 7.49. The number of aryl methyl sites for hydroxylation is 2. The van der Waals surface area contributed by atoms with Crippen LogP contribution < -0.4 is 15.8 Å². The Morgan fingerprint density at radius 1 is 1.32 bits per heavy atom. The normalized spacial score (nSPS) is 11.5. The van der Waals surface area contributed by atoms with Crippen LogP contribution in [0.2, 0.25) is 0 Å². The number of nitrogens with two attached hydrogens (primary N) is 1.